The summed E-state index contributed by atoms with van der Waals surface area (Å²) in [6, 6.07) is 19.5. The van der Waals surface area contributed by atoms with Crippen LogP contribution < -0.4 is 15.5 Å². The van der Waals surface area contributed by atoms with Gasteiger partial charge in [0, 0.05) is 12.1 Å². The Morgan fingerprint density at radius 3 is 2.79 bits per heavy atom. The molecule has 0 bridgehead atoms. The zero-order valence-electron chi connectivity index (χ0n) is 15.9. The third kappa shape index (κ3) is 4.73. The fourth-order valence-corrected chi connectivity index (χ4v) is 3.44. The molecule has 29 heavy (non-hydrogen) atoms. The number of hydrogen-bond acceptors (Lipinski definition) is 4. The van der Waals surface area contributed by atoms with Gasteiger partial charge in [-0.15, -0.1) is 0 Å². The van der Waals surface area contributed by atoms with Crippen LogP contribution in [0, 0.1) is 0 Å². The number of amides is 2. The maximum Gasteiger partial charge on any atom is 0.247 e. The molecule has 0 spiro atoms. The number of fused-ring (bicyclic) bond motifs is 2. The van der Waals surface area contributed by atoms with Crippen LogP contribution in [0.25, 0.3) is 10.8 Å². The number of ether oxygens (including phenoxy) is 1. The van der Waals surface area contributed by atoms with Crippen LogP contribution in [-0.4, -0.2) is 25.0 Å². The number of hydrogen-bond donors (Lipinski definition) is 2. The predicted molar refractivity (Wildman–Crippen MR) is 111 cm³/mol. The van der Waals surface area contributed by atoms with Crippen LogP contribution in [0.3, 0.4) is 0 Å². The Morgan fingerprint density at radius 2 is 1.86 bits per heavy atom. The molecule has 0 atom stereocenters. The number of carbonyl (C=O) groups excluding carboxylic acids is 2. The van der Waals surface area contributed by atoms with E-state index in [2.05, 4.69) is 10.8 Å². The number of carbonyl (C=O) groups is 2. The van der Waals surface area contributed by atoms with E-state index in [9.17, 15) is 9.59 Å². The van der Waals surface area contributed by atoms with Gasteiger partial charge in [-0.1, -0.05) is 42.5 Å². The Morgan fingerprint density at radius 1 is 1.00 bits per heavy atom. The van der Waals surface area contributed by atoms with E-state index in [1.807, 2.05) is 60.7 Å². The normalized spacial score (nSPS) is 12.9. The van der Waals surface area contributed by atoms with Crippen molar-refractivity contribution in [3.8, 4) is 5.75 Å². The Hall–Kier alpha value is -3.38. The van der Waals surface area contributed by atoms with Gasteiger partial charge in [-0.05, 0) is 46.5 Å². The molecule has 0 unspecified atom stereocenters. The zero-order chi connectivity index (χ0) is 20.1. The van der Waals surface area contributed by atoms with Gasteiger partial charge in [0.05, 0.1) is 6.42 Å². The lowest BCUT2D eigenvalue weighted by atomic mass is 10.0. The van der Waals surface area contributed by atoms with Gasteiger partial charge in [-0.3, -0.25) is 14.4 Å². The number of rotatable bonds is 7. The van der Waals surface area contributed by atoms with Crippen molar-refractivity contribution in [1.29, 1.82) is 0 Å². The van der Waals surface area contributed by atoms with Crippen molar-refractivity contribution in [2.75, 3.05) is 18.5 Å². The van der Waals surface area contributed by atoms with Crippen LogP contribution in [0.15, 0.2) is 60.7 Å². The molecular weight excluding hydrogens is 368 g/mol. The molecular formula is C23H22N2O4. The molecule has 2 N–H and O–H groups in total. The largest absolute Gasteiger partial charge is 0.491 e. The minimum atomic E-state index is -0.203. The molecule has 0 saturated carbocycles. The first-order valence-electron chi connectivity index (χ1n) is 9.62. The van der Waals surface area contributed by atoms with E-state index in [-0.39, 0.29) is 24.8 Å². The van der Waals surface area contributed by atoms with Gasteiger partial charge < -0.3 is 10.1 Å². The van der Waals surface area contributed by atoms with Crippen molar-refractivity contribution >= 4 is 28.3 Å². The second-order valence-electron chi connectivity index (χ2n) is 6.90. The Labute approximate surface area is 168 Å². The molecule has 3 aromatic rings. The lowest BCUT2D eigenvalue weighted by molar-refractivity contribution is -0.133. The maximum atomic E-state index is 12.2. The summed E-state index contributed by atoms with van der Waals surface area (Å²) < 4.78 is 5.67. The molecule has 1 aliphatic rings. The first kappa shape index (κ1) is 19.0. The van der Waals surface area contributed by atoms with Crippen LogP contribution in [0.2, 0.25) is 0 Å². The molecule has 0 aliphatic carbocycles. The molecule has 0 radical (unpaired) electrons. The van der Waals surface area contributed by atoms with E-state index in [1.54, 1.807) is 0 Å². The summed E-state index contributed by atoms with van der Waals surface area (Å²) in [5.74, 6) is 0.551. The third-order valence-corrected chi connectivity index (χ3v) is 4.84. The molecule has 4 rings (SSSR count). The number of aryl methyl sites for hydroxylation is 1. The highest BCUT2D eigenvalue weighted by molar-refractivity contribution is 5.94. The molecule has 1 heterocycles. The molecule has 0 saturated heterocycles. The quantitative estimate of drug-likeness (QED) is 0.479. The summed E-state index contributed by atoms with van der Waals surface area (Å²) in [6.45, 7) is 0.536. The van der Waals surface area contributed by atoms with Gasteiger partial charge in [0.25, 0.3) is 0 Å². The highest BCUT2D eigenvalue weighted by Crippen LogP contribution is 2.26. The van der Waals surface area contributed by atoms with E-state index in [0.717, 1.165) is 27.6 Å². The summed E-state index contributed by atoms with van der Waals surface area (Å²) in [6.07, 6.45) is 1.44. The van der Waals surface area contributed by atoms with E-state index in [4.69, 9.17) is 9.57 Å². The van der Waals surface area contributed by atoms with E-state index >= 15 is 0 Å². The zero-order valence-corrected chi connectivity index (χ0v) is 15.9. The SMILES string of the molecule is O=C(Cc1cccc2ccccc12)NOCCOc1ccc2c(c1)CCC(=O)N2. The summed E-state index contributed by atoms with van der Waals surface area (Å²) in [5.41, 5.74) is 5.33. The standard InChI is InChI=1S/C23H22N2O4/c26-22-11-8-18-14-19(9-10-21(18)24-22)28-12-13-29-25-23(27)15-17-6-3-5-16-4-1-2-7-20(16)17/h1-7,9-10,14H,8,11-13,15H2,(H,24,26)(H,25,27). The monoisotopic (exact) mass is 390 g/mol. The van der Waals surface area contributed by atoms with Crippen LogP contribution in [0.5, 0.6) is 5.75 Å². The van der Waals surface area contributed by atoms with Gasteiger partial charge in [0.15, 0.2) is 0 Å². The Bertz CT molecular complexity index is 1040. The number of nitrogens with one attached hydrogen (secondary N) is 2. The average molecular weight is 390 g/mol. The predicted octanol–water partition coefficient (Wildman–Crippen LogP) is 3.39. The lowest BCUT2D eigenvalue weighted by Crippen LogP contribution is -2.27. The minimum Gasteiger partial charge on any atom is -0.491 e. The Balaban J connectivity index is 1.22. The van der Waals surface area contributed by atoms with E-state index in [1.165, 1.54) is 0 Å². The van der Waals surface area contributed by atoms with Gasteiger partial charge in [0.2, 0.25) is 11.8 Å². The molecule has 2 amide bonds. The van der Waals surface area contributed by atoms with Crippen molar-refractivity contribution in [2.45, 2.75) is 19.3 Å². The first-order valence-corrected chi connectivity index (χ1v) is 9.62. The van der Waals surface area contributed by atoms with E-state index in [0.29, 0.717) is 25.2 Å². The van der Waals surface area contributed by atoms with Crippen molar-refractivity contribution in [1.82, 2.24) is 5.48 Å². The average Bonchev–Trinajstić information content (AvgIpc) is 2.74. The second-order valence-corrected chi connectivity index (χ2v) is 6.90. The van der Waals surface area contributed by atoms with Crippen LogP contribution in [0.4, 0.5) is 5.69 Å². The highest BCUT2D eigenvalue weighted by atomic mass is 16.7. The van der Waals surface area contributed by atoms with Gasteiger partial charge >= 0.3 is 0 Å². The number of benzene rings is 3. The summed E-state index contributed by atoms with van der Waals surface area (Å²) in [4.78, 5) is 28.8. The third-order valence-electron chi connectivity index (χ3n) is 4.84. The molecule has 1 aliphatic heterocycles. The van der Waals surface area contributed by atoms with Crippen molar-refractivity contribution in [2.24, 2.45) is 0 Å². The van der Waals surface area contributed by atoms with Gasteiger partial charge in [-0.2, -0.15) is 0 Å². The van der Waals surface area contributed by atoms with Gasteiger partial charge in [-0.25, -0.2) is 5.48 Å². The fourth-order valence-electron chi connectivity index (χ4n) is 3.44. The first-order chi connectivity index (χ1) is 14.2. The second kappa shape index (κ2) is 8.75. The molecule has 6 heteroatoms. The van der Waals surface area contributed by atoms with E-state index < -0.39 is 0 Å². The molecule has 3 aromatic carbocycles. The van der Waals surface area contributed by atoms with Crippen LogP contribution >= 0.6 is 0 Å². The van der Waals surface area contributed by atoms with Crippen LogP contribution in [0.1, 0.15) is 17.5 Å². The lowest BCUT2D eigenvalue weighted by Gasteiger charge is -2.17. The van der Waals surface area contributed by atoms with Crippen molar-refractivity contribution < 1.29 is 19.2 Å². The van der Waals surface area contributed by atoms with Crippen LogP contribution in [-0.2, 0) is 27.3 Å². The highest BCUT2D eigenvalue weighted by Gasteiger charge is 2.15. The summed E-state index contributed by atoms with van der Waals surface area (Å²) in [5, 5.41) is 5.02. The fraction of sp³-hybridized carbons (Fsp3) is 0.217. The Kier molecular flexibility index (Phi) is 5.72. The number of hydroxylamine groups is 1. The number of anilines is 1. The molecule has 0 fully saturated rings. The molecule has 6 nitrogen and oxygen atoms in total. The summed E-state index contributed by atoms with van der Waals surface area (Å²) >= 11 is 0. The maximum absolute atomic E-state index is 12.2. The molecule has 148 valence electrons. The van der Waals surface area contributed by atoms with Crippen molar-refractivity contribution in [3.63, 3.8) is 0 Å². The topological polar surface area (TPSA) is 76.7 Å². The molecule has 0 aromatic heterocycles. The summed E-state index contributed by atoms with van der Waals surface area (Å²) in [7, 11) is 0. The van der Waals surface area contributed by atoms with Gasteiger partial charge in [0.1, 0.15) is 19.0 Å². The minimum absolute atomic E-state index is 0.0406. The van der Waals surface area contributed by atoms with Crippen molar-refractivity contribution in [3.05, 3.63) is 71.8 Å². The smallest absolute Gasteiger partial charge is 0.247 e.